The molecule has 0 unspecified atom stereocenters. The molecule has 1 aliphatic heterocycles. The SMILES string of the molecule is CC.Cc1ccc(OC2COC(C3CCC(C)CC3)OC2)cc1.[C-]#[O+]. The Morgan fingerprint density at radius 3 is 2.00 bits per heavy atom. The number of hydrogen-bond donors (Lipinski definition) is 0. The predicted molar refractivity (Wildman–Crippen MR) is 97.7 cm³/mol. The Morgan fingerprint density at radius 1 is 0.960 bits per heavy atom. The Morgan fingerprint density at radius 2 is 1.48 bits per heavy atom. The summed E-state index contributed by atoms with van der Waals surface area (Å²) in [6.45, 7) is 14.2. The minimum atomic E-state index is -0.0182. The third-order valence-corrected chi connectivity index (χ3v) is 4.66. The molecule has 1 saturated carbocycles. The van der Waals surface area contributed by atoms with E-state index in [1.807, 2.05) is 26.0 Å². The number of rotatable bonds is 3. The van der Waals surface area contributed by atoms with Gasteiger partial charge < -0.3 is 14.2 Å². The third-order valence-electron chi connectivity index (χ3n) is 4.66. The van der Waals surface area contributed by atoms with Gasteiger partial charge in [-0.15, -0.1) is 0 Å². The van der Waals surface area contributed by atoms with E-state index in [0.717, 1.165) is 11.7 Å². The van der Waals surface area contributed by atoms with E-state index in [-0.39, 0.29) is 12.4 Å². The molecule has 1 aromatic rings. The molecular formula is C21H32O4. The first-order valence-corrected chi connectivity index (χ1v) is 9.37. The molecule has 0 radical (unpaired) electrons. The summed E-state index contributed by atoms with van der Waals surface area (Å²) in [6.07, 6.45) is 5.06. The zero-order chi connectivity index (χ0) is 18.7. The van der Waals surface area contributed by atoms with E-state index in [1.165, 1.54) is 31.2 Å². The Hall–Kier alpha value is -1.32. The van der Waals surface area contributed by atoms with E-state index in [9.17, 15) is 0 Å². The zero-order valence-electron chi connectivity index (χ0n) is 16.0. The first kappa shape index (κ1) is 21.7. The summed E-state index contributed by atoms with van der Waals surface area (Å²) in [6, 6.07) is 8.13. The van der Waals surface area contributed by atoms with E-state index in [1.54, 1.807) is 0 Å². The van der Waals surface area contributed by atoms with Crippen LogP contribution in [0.1, 0.15) is 52.0 Å². The molecule has 1 aliphatic carbocycles. The number of aryl methyl sites for hydroxylation is 1. The first-order valence-electron chi connectivity index (χ1n) is 9.37. The summed E-state index contributed by atoms with van der Waals surface area (Å²) >= 11 is 0. The zero-order valence-corrected chi connectivity index (χ0v) is 16.0. The Bertz CT molecular complexity index is 466. The maximum absolute atomic E-state index is 7.50. The van der Waals surface area contributed by atoms with Gasteiger partial charge in [0.25, 0.3) is 0 Å². The van der Waals surface area contributed by atoms with Crippen LogP contribution in [-0.4, -0.2) is 25.6 Å². The fourth-order valence-corrected chi connectivity index (χ4v) is 3.21. The van der Waals surface area contributed by atoms with Crippen molar-refractivity contribution < 1.29 is 18.9 Å². The van der Waals surface area contributed by atoms with Gasteiger partial charge in [-0.2, -0.15) is 0 Å². The molecular weight excluding hydrogens is 316 g/mol. The molecule has 4 heteroatoms. The fourth-order valence-electron chi connectivity index (χ4n) is 3.21. The van der Waals surface area contributed by atoms with E-state index >= 15 is 0 Å². The standard InChI is InChI=1S/C18H26O3.C2H6.CO/c1-13-3-7-15(8-4-13)18-19-11-17(12-20-18)21-16-9-5-14(2)6-10-16;2*1-2/h5-6,9-10,13,15,17-18H,3-4,7-8,11-12H2,1-2H3;1-2H3;. The molecule has 0 spiro atoms. The summed E-state index contributed by atoms with van der Waals surface area (Å²) in [5, 5.41) is 0. The fraction of sp³-hybridized carbons (Fsp3) is 0.667. The van der Waals surface area contributed by atoms with Gasteiger partial charge in [0.15, 0.2) is 6.29 Å². The second-order valence-corrected chi connectivity index (χ2v) is 6.61. The van der Waals surface area contributed by atoms with Crippen molar-refractivity contribution in [2.24, 2.45) is 11.8 Å². The summed E-state index contributed by atoms with van der Waals surface area (Å²) in [4.78, 5) is 0. The van der Waals surface area contributed by atoms with Crippen LogP contribution in [-0.2, 0) is 14.1 Å². The third kappa shape index (κ3) is 7.21. The van der Waals surface area contributed by atoms with Crippen molar-refractivity contribution in [1.29, 1.82) is 0 Å². The van der Waals surface area contributed by atoms with Crippen LogP contribution in [0.3, 0.4) is 0 Å². The van der Waals surface area contributed by atoms with Gasteiger partial charge in [0.2, 0.25) is 0 Å². The molecule has 0 aromatic heterocycles. The van der Waals surface area contributed by atoms with Crippen molar-refractivity contribution in [1.82, 2.24) is 0 Å². The molecule has 2 fully saturated rings. The van der Waals surface area contributed by atoms with Crippen molar-refractivity contribution >= 4 is 0 Å². The molecule has 4 nitrogen and oxygen atoms in total. The van der Waals surface area contributed by atoms with Crippen molar-refractivity contribution in [3.63, 3.8) is 0 Å². The van der Waals surface area contributed by atoms with E-state index in [4.69, 9.17) is 18.9 Å². The van der Waals surface area contributed by atoms with Gasteiger partial charge in [-0.25, -0.2) is 0 Å². The molecule has 1 saturated heterocycles. The van der Waals surface area contributed by atoms with Crippen molar-refractivity contribution in [2.75, 3.05) is 13.2 Å². The number of ether oxygens (including phenoxy) is 3. The van der Waals surface area contributed by atoms with Crippen LogP contribution < -0.4 is 4.74 Å². The van der Waals surface area contributed by atoms with Crippen LogP contribution in [0.4, 0.5) is 0 Å². The molecule has 0 bridgehead atoms. The average Bonchev–Trinajstić information content (AvgIpc) is 2.68. The van der Waals surface area contributed by atoms with Crippen LogP contribution in [0.5, 0.6) is 5.75 Å². The number of benzene rings is 1. The molecule has 3 rings (SSSR count). The summed E-state index contributed by atoms with van der Waals surface area (Å²) in [5.41, 5.74) is 1.24. The maximum atomic E-state index is 7.50. The van der Waals surface area contributed by atoms with Crippen molar-refractivity contribution in [3.05, 3.63) is 36.5 Å². The summed E-state index contributed by atoms with van der Waals surface area (Å²) in [5.74, 6) is 2.33. The molecule has 140 valence electrons. The Kier molecular flexibility index (Phi) is 10.5. The predicted octanol–water partition coefficient (Wildman–Crippen LogP) is 4.93. The van der Waals surface area contributed by atoms with Gasteiger partial charge in [0.1, 0.15) is 11.9 Å². The second-order valence-electron chi connectivity index (χ2n) is 6.61. The van der Waals surface area contributed by atoms with Crippen LogP contribution in [0.15, 0.2) is 24.3 Å². The molecule has 1 aromatic carbocycles. The van der Waals surface area contributed by atoms with Gasteiger partial charge in [0, 0.05) is 5.92 Å². The van der Waals surface area contributed by atoms with Crippen LogP contribution in [0.25, 0.3) is 0 Å². The number of hydrogen-bond acceptors (Lipinski definition) is 3. The quantitative estimate of drug-likeness (QED) is 0.575. The summed E-state index contributed by atoms with van der Waals surface area (Å²) in [7, 11) is 0. The van der Waals surface area contributed by atoms with Crippen molar-refractivity contribution in [2.45, 2.75) is 65.8 Å². The average molecular weight is 348 g/mol. The molecule has 0 atom stereocenters. The topological polar surface area (TPSA) is 47.6 Å². The van der Waals surface area contributed by atoms with E-state index < -0.39 is 0 Å². The molecule has 0 N–H and O–H groups in total. The molecule has 25 heavy (non-hydrogen) atoms. The minimum absolute atomic E-state index is 0.00599. The van der Waals surface area contributed by atoms with Gasteiger partial charge >= 0.3 is 11.3 Å². The molecule has 0 amide bonds. The Balaban J connectivity index is 0.000000730. The van der Waals surface area contributed by atoms with E-state index in [2.05, 4.69) is 32.6 Å². The van der Waals surface area contributed by atoms with Crippen LogP contribution >= 0.6 is 0 Å². The van der Waals surface area contributed by atoms with Crippen LogP contribution in [0, 0.1) is 25.4 Å². The molecule has 2 aliphatic rings. The normalized spacial score (nSPS) is 28.6. The summed E-state index contributed by atoms with van der Waals surface area (Å²) < 4.78 is 25.2. The van der Waals surface area contributed by atoms with Gasteiger partial charge in [-0.1, -0.05) is 51.3 Å². The second kappa shape index (κ2) is 12.1. The van der Waals surface area contributed by atoms with Gasteiger partial charge in [0.05, 0.1) is 13.2 Å². The monoisotopic (exact) mass is 348 g/mol. The first-order chi connectivity index (χ1) is 12.2. The van der Waals surface area contributed by atoms with Crippen LogP contribution in [0.2, 0.25) is 0 Å². The van der Waals surface area contributed by atoms with Gasteiger partial charge in [-0.3, -0.25) is 0 Å². The van der Waals surface area contributed by atoms with Crippen molar-refractivity contribution in [3.8, 4) is 5.75 Å². The Labute approximate surface area is 152 Å². The van der Waals surface area contributed by atoms with E-state index in [0.29, 0.717) is 19.1 Å². The van der Waals surface area contributed by atoms with Gasteiger partial charge in [-0.05, 0) is 37.8 Å². The molecule has 1 heterocycles.